The van der Waals surface area contributed by atoms with Crippen molar-refractivity contribution >= 4 is 11.6 Å². The summed E-state index contributed by atoms with van der Waals surface area (Å²) in [5.74, 6) is 0.337. The van der Waals surface area contributed by atoms with Crippen molar-refractivity contribution in [1.82, 2.24) is 15.6 Å². The number of nitrogens with zero attached hydrogens (tertiary/aromatic N) is 2. The van der Waals surface area contributed by atoms with Crippen molar-refractivity contribution in [1.29, 1.82) is 0 Å². The number of carbonyl (C=O) groups excluding carboxylic acids is 1. The highest BCUT2D eigenvalue weighted by atomic mass is 16.1. The Morgan fingerprint density at radius 3 is 2.41 bits per heavy atom. The van der Waals surface area contributed by atoms with Crippen LogP contribution in [0.2, 0.25) is 0 Å². The molecule has 1 amide bonds. The van der Waals surface area contributed by atoms with Crippen molar-refractivity contribution in [3.05, 3.63) is 59.9 Å². The Kier molecular flexibility index (Phi) is 7.23. The lowest BCUT2D eigenvalue weighted by Gasteiger charge is -2.34. The average molecular weight is 396 g/mol. The summed E-state index contributed by atoms with van der Waals surface area (Å²) in [7, 11) is 4.01. The number of pyridine rings is 1. The van der Waals surface area contributed by atoms with Gasteiger partial charge in [-0.3, -0.25) is 15.1 Å². The molecule has 6 heteroatoms. The number of amides is 1. The van der Waals surface area contributed by atoms with E-state index in [9.17, 15) is 4.79 Å². The maximum absolute atomic E-state index is 12.9. The first-order valence-electron chi connectivity index (χ1n) is 10.4. The Balaban J connectivity index is 1.85. The van der Waals surface area contributed by atoms with Crippen LogP contribution in [0.5, 0.6) is 0 Å². The number of nitrogens with two attached hydrogens (primary N) is 1. The van der Waals surface area contributed by atoms with Gasteiger partial charge >= 0.3 is 0 Å². The number of piperidine rings is 1. The molecule has 1 aromatic carbocycles. The Morgan fingerprint density at radius 2 is 1.83 bits per heavy atom. The maximum Gasteiger partial charge on any atom is 0.242 e. The Morgan fingerprint density at radius 1 is 1.17 bits per heavy atom. The van der Waals surface area contributed by atoms with E-state index in [1.54, 1.807) is 12.4 Å². The minimum Gasteiger partial charge on any atom is -0.378 e. The van der Waals surface area contributed by atoms with E-state index in [4.69, 9.17) is 5.73 Å². The lowest BCUT2D eigenvalue weighted by molar-refractivity contribution is -0.124. The second-order valence-corrected chi connectivity index (χ2v) is 8.15. The van der Waals surface area contributed by atoms with Crippen LogP contribution in [0.25, 0.3) is 0 Å². The fraction of sp³-hybridized carbons (Fsp3) is 0.478. The molecule has 1 saturated heterocycles. The minimum absolute atomic E-state index is 0.350. The lowest BCUT2D eigenvalue weighted by Crippen LogP contribution is -2.54. The molecule has 29 heavy (non-hydrogen) atoms. The number of carbonyl (C=O) groups is 1. The van der Waals surface area contributed by atoms with Gasteiger partial charge in [-0.1, -0.05) is 12.1 Å². The van der Waals surface area contributed by atoms with Gasteiger partial charge in [0, 0.05) is 38.6 Å². The summed E-state index contributed by atoms with van der Waals surface area (Å²) in [6, 6.07) is 12.0. The Bertz CT molecular complexity index is 772. The van der Waals surface area contributed by atoms with Crippen LogP contribution in [0.3, 0.4) is 0 Å². The number of hydrogen-bond donors (Lipinski definition) is 3. The zero-order valence-electron chi connectivity index (χ0n) is 17.5. The number of anilines is 1. The van der Waals surface area contributed by atoms with Crippen LogP contribution in [-0.4, -0.2) is 44.6 Å². The van der Waals surface area contributed by atoms with Crippen LogP contribution >= 0.6 is 0 Å². The Hall–Kier alpha value is -2.44. The van der Waals surface area contributed by atoms with E-state index in [0.29, 0.717) is 12.3 Å². The summed E-state index contributed by atoms with van der Waals surface area (Å²) in [6.45, 7) is 2.91. The summed E-state index contributed by atoms with van der Waals surface area (Å²) >= 11 is 0. The van der Waals surface area contributed by atoms with Crippen molar-refractivity contribution in [2.75, 3.05) is 38.6 Å². The highest BCUT2D eigenvalue weighted by Crippen LogP contribution is 2.28. The molecule has 156 valence electrons. The number of aromatic nitrogens is 1. The zero-order chi connectivity index (χ0) is 20.7. The molecule has 0 saturated carbocycles. The fourth-order valence-electron chi connectivity index (χ4n) is 4.09. The topological polar surface area (TPSA) is 83.3 Å². The molecule has 2 aromatic rings. The summed E-state index contributed by atoms with van der Waals surface area (Å²) in [6.07, 6.45) is 7.43. The predicted octanol–water partition coefficient (Wildman–Crippen LogP) is 2.05. The average Bonchev–Trinajstić information content (AvgIpc) is 2.74. The van der Waals surface area contributed by atoms with Crippen LogP contribution in [0.15, 0.2) is 48.8 Å². The van der Waals surface area contributed by atoms with Gasteiger partial charge in [-0.05, 0) is 80.2 Å². The summed E-state index contributed by atoms with van der Waals surface area (Å²) in [5.41, 5.74) is 8.11. The van der Waals surface area contributed by atoms with Gasteiger partial charge in [-0.2, -0.15) is 0 Å². The molecule has 1 fully saturated rings. The van der Waals surface area contributed by atoms with E-state index >= 15 is 0 Å². The molecule has 0 radical (unpaired) electrons. The smallest absolute Gasteiger partial charge is 0.242 e. The molecule has 1 unspecified atom stereocenters. The largest absolute Gasteiger partial charge is 0.378 e. The second kappa shape index (κ2) is 9.85. The maximum atomic E-state index is 12.9. The summed E-state index contributed by atoms with van der Waals surface area (Å²) in [4.78, 5) is 19.0. The van der Waals surface area contributed by atoms with E-state index in [-0.39, 0.29) is 5.91 Å². The standard InChI is InChI=1S/C23H33N5O/c1-28(2)21-5-3-20(4-6-21)23(22(24)29,17-19-9-14-26-15-10-19)27-16-11-18-7-12-25-13-8-18/h3-6,9-10,14-15,18,25,27H,7-8,11-13,16-17H2,1-2H3,(H2,24,29). The molecule has 4 N–H and O–H groups in total. The van der Waals surface area contributed by atoms with Crippen molar-refractivity contribution in [2.45, 2.75) is 31.2 Å². The third-order valence-corrected chi connectivity index (χ3v) is 5.95. The molecule has 2 heterocycles. The molecule has 1 aliphatic rings. The molecule has 3 rings (SSSR count). The highest BCUT2D eigenvalue weighted by Gasteiger charge is 2.38. The van der Waals surface area contributed by atoms with E-state index in [1.165, 1.54) is 12.8 Å². The van der Waals surface area contributed by atoms with Crippen LogP contribution < -0.4 is 21.3 Å². The SMILES string of the molecule is CN(C)c1ccc(C(Cc2ccncc2)(NCCC2CCNCC2)C(N)=O)cc1. The second-order valence-electron chi connectivity index (χ2n) is 8.15. The van der Waals surface area contributed by atoms with Gasteiger partial charge in [0.1, 0.15) is 5.54 Å². The number of nitrogens with one attached hydrogen (secondary N) is 2. The first kappa shape index (κ1) is 21.3. The van der Waals surface area contributed by atoms with Crippen LogP contribution in [0.4, 0.5) is 5.69 Å². The van der Waals surface area contributed by atoms with Crippen LogP contribution in [0.1, 0.15) is 30.4 Å². The quantitative estimate of drug-likeness (QED) is 0.605. The number of rotatable bonds is 9. The van der Waals surface area contributed by atoms with Gasteiger partial charge < -0.3 is 16.0 Å². The molecule has 1 atom stereocenters. The molecule has 0 aliphatic carbocycles. The van der Waals surface area contributed by atoms with E-state index in [2.05, 4.69) is 15.6 Å². The van der Waals surface area contributed by atoms with Crippen molar-refractivity contribution in [2.24, 2.45) is 11.7 Å². The third kappa shape index (κ3) is 5.34. The molecular formula is C23H33N5O. The molecule has 1 aliphatic heterocycles. The summed E-state index contributed by atoms with van der Waals surface area (Å²) in [5, 5.41) is 6.97. The van der Waals surface area contributed by atoms with E-state index in [0.717, 1.165) is 42.9 Å². The van der Waals surface area contributed by atoms with E-state index < -0.39 is 5.54 Å². The van der Waals surface area contributed by atoms with Crippen LogP contribution in [-0.2, 0) is 16.8 Å². The molecule has 0 spiro atoms. The van der Waals surface area contributed by atoms with Gasteiger partial charge in [0.2, 0.25) is 5.91 Å². The van der Waals surface area contributed by atoms with Crippen molar-refractivity contribution < 1.29 is 4.79 Å². The van der Waals surface area contributed by atoms with E-state index in [1.807, 2.05) is 55.4 Å². The van der Waals surface area contributed by atoms with Crippen molar-refractivity contribution in [3.63, 3.8) is 0 Å². The fourth-order valence-corrected chi connectivity index (χ4v) is 4.09. The number of primary amides is 1. The first-order valence-corrected chi connectivity index (χ1v) is 10.4. The normalized spacial score (nSPS) is 16.9. The summed E-state index contributed by atoms with van der Waals surface area (Å²) < 4.78 is 0. The highest BCUT2D eigenvalue weighted by molar-refractivity contribution is 5.86. The Labute approximate surface area is 173 Å². The van der Waals surface area contributed by atoms with Gasteiger partial charge in [0.15, 0.2) is 0 Å². The predicted molar refractivity (Wildman–Crippen MR) is 118 cm³/mol. The molecule has 6 nitrogen and oxygen atoms in total. The van der Waals surface area contributed by atoms with Crippen molar-refractivity contribution in [3.8, 4) is 0 Å². The number of benzene rings is 1. The van der Waals surface area contributed by atoms with Crippen LogP contribution in [0, 0.1) is 5.92 Å². The lowest BCUT2D eigenvalue weighted by atomic mass is 9.82. The zero-order valence-corrected chi connectivity index (χ0v) is 17.5. The van der Waals surface area contributed by atoms with Gasteiger partial charge in [-0.15, -0.1) is 0 Å². The monoisotopic (exact) mass is 395 g/mol. The third-order valence-electron chi connectivity index (χ3n) is 5.95. The minimum atomic E-state index is -0.945. The van der Waals surface area contributed by atoms with Gasteiger partial charge in [-0.25, -0.2) is 0 Å². The van der Waals surface area contributed by atoms with Gasteiger partial charge in [0.25, 0.3) is 0 Å². The molecular weight excluding hydrogens is 362 g/mol. The molecule has 0 bridgehead atoms. The number of hydrogen-bond acceptors (Lipinski definition) is 5. The van der Waals surface area contributed by atoms with Gasteiger partial charge in [0.05, 0.1) is 0 Å². The first-order chi connectivity index (χ1) is 14.0. The molecule has 1 aromatic heterocycles.